The number of aromatic carboxylic acids is 1. The van der Waals surface area contributed by atoms with E-state index in [1.807, 2.05) is 6.21 Å². The van der Waals surface area contributed by atoms with E-state index >= 15 is 0 Å². The molecular formula is C14H17N5O2. The molecular weight excluding hydrogens is 270 g/mol. The normalized spacial score (nSPS) is 13.4. The van der Waals surface area contributed by atoms with Crippen molar-refractivity contribution in [2.45, 2.75) is 32.2 Å². The highest BCUT2D eigenvalue weighted by atomic mass is 16.4. The summed E-state index contributed by atoms with van der Waals surface area (Å²) in [4.78, 5) is 15.5. The van der Waals surface area contributed by atoms with Crippen LogP contribution in [-0.4, -0.2) is 44.3 Å². The third-order valence-corrected chi connectivity index (χ3v) is 3.74. The van der Waals surface area contributed by atoms with Crippen LogP contribution >= 0.6 is 0 Å². The van der Waals surface area contributed by atoms with Crippen molar-refractivity contribution in [3.8, 4) is 11.3 Å². The number of aliphatic imine (C=N–C) groups is 1. The molecule has 0 unspecified atom stereocenters. The second kappa shape index (κ2) is 5.51. The standard InChI is InChI=1S/C14H17N5O2/c1-15-6-2-3-7-19-13(14(20)21)9-4-5-11-10(8-16-17-11)12(9)18-19/h6,8H,2-5,7H2,1H3,(H,16,17)(H,20,21). The van der Waals surface area contributed by atoms with Crippen molar-refractivity contribution in [2.75, 3.05) is 7.05 Å². The van der Waals surface area contributed by atoms with Crippen LogP contribution in [-0.2, 0) is 19.4 Å². The predicted molar refractivity (Wildman–Crippen MR) is 77.8 cm³/mol. The van der Waals surface area contributed by atoms with Gasteiger partial charge in [-0.3, -0.25) is 9.78 Å². The summed E-state index contributed by atoms with van der Waals surface area (Å²) in [5.74, 6) is -0.917. The molecule has 0 aliphatic heterocycles. The van der Waals surface area contributed by atoms with E-state index in [2.05, 4.69) is 20.3 Å². The molecule has 0 amide bonds. The van der Waals surface area contributed by atoms with Crippen LogP contribution < -0.4 is 0 Å². The van der Waals surface area contributed by atoms with E-state index in [0.29, 0.717) is 18.7 Å². The van der Waals surface area contributed by atoms with Crippen molar-refractivity contribution in [1.82, 2.24) is 20.0 Å². The fourth-order valence-electron chi connectivity index (χ4n) is 2.77. The van der Waals surface area contributed by atoms with Crippen molar-refractivity contribution >= 4 is 12.2 Å². The van der Waals surface area contributed by atoms with Gasteiger partial charge in [0, 0.05) is 30.4 Å². The molecule has 0 aromatic carbocycles. The van der Waals surface area contributed by atoms with Crippen LogP contribution in [0.2, 0.25) is 0 Å². The van der Waals surface area contributed by atoms with E-state index in [1.165, 1.54) is 0 Å². The Kier molecular flexibility index (Phi) is 3.55. The van der Waals surface area contributed by atoms with Gasteiger partial charge in [0.15, 0.2) is 0 Å². The van der Waals surface area contributed by atoms with Gasteiger partial charge in [0.25, 0.3) is 0 Å². The number of carboxylic acids is 1. The lowest BCUT2D eigenvalue weighted by Gasteiger charge is -2.10. The van der Waals surface area contributed by atoms with Crippen LogP contribution in [0.3, 0.4) is 0 Å². The first kappa shape index (κ1) is 13.5. The smallest absolute Gasteiger partial charge is 0.354 e. The second-order valence-electron chi connectivity index (χ2n) is 5.05. The Morgan fingerprint density at radius 2 is 2.43 bits per heavy atom. The molecule has 2 heterocycles. The van der Waals surface area contributed by atoms with Gasteiger partial charge in [-0.2, -0.15) is 10.2 Å². The Balaban J connectivity index is 1.96. The quantitative estimate of drug-likeness (QED) is 0.644. The maximum atomic E-state index is 11.6. The zero-order valence-corrected chi connectivity index (χ0v) is 11.8. The van der Waals surface area contributed by atoms with E-state index < -0.39 is 5.97 Å². The zero-order valence-electron chi connectivity index (χ0n) is 11.8. The first-order valence-corrected chi connectivity index (χ1v) is 6.98. The molecule has 0 spiro atoms. The summed E-state index contributed by atoms with van der Waals surface area (Å²) in [6, 6.07) is 0. The highest BCUT2D eigenvalue weighted by molar-refractivity contribution is 5.90. The van der Waals surface area contributed by atoms with Gasteiger partial charge in [-0.1, -0.05) is 0 Å². The van der Waals surface area contributed by atoms with Gasteiger partial charge in [-0.05, 0) is 31.9 Å². The minimum atomic E-state index is -0.917. The molecule has 3 rings (SSSR count). The molecule has 0 radical (unpaired) electrons. The fourth-order valence-corrected chi connectivity index (χ4v) is 2.77. The Morgan fingerprint density at radius 3 is 3.19 bits per heavy atom. The summed E-state index contributed by atoms with van der Waals surface area (Å²) in [7, 11) is 1.73. The van der Waals surface area contributed by atoms with E-state index in [4.69, 9.17) is 0 Å². The summed E-state index contributed by atoms with van der Waals surface area (Å²) in [5, 5.41) is 21.0. The molecule has 0 fully saturated rings. The molecule has 0 saturated heterocycles. The number of nitrogens with zero attached hydrogens (tertiary/aromatic N) is 4. The highest BCUT2D eigenvalue weighted by Crippen LogP contribution is 2.33. The van der Waals surface area contributed by atoms with E-state index in [1.54, 1.807) is 17.9 Å². The topological polar surface area (TPSA) is 96.2 Å². The molecule has 7 nitrogen and oxygen atoms in total. The van der Waals surface area contributed by atoms with Gasteiger partial charge in [0.2, 0.25) is 0 Å². The molecule has 21 heavy (non-hydrogen) atoms. The lowest BCUT2D eigenvalue weighted by atomic mass is 9.94. The summed E-state index contributed by atoms with van der Waals surface area (Å²) < 4.78 is 1.61. The van der Waals surface area contributed by atoms with Gasteiger partial charge in [0.05, 0.1) is 11.9 Å². The van der Waals surface area contributed by atoms with Gasteiger partial charge in [0.1, 0.15) is 5.69 Å². The number of aromatic nitrogens is 4. The van der Waals surface area contributed by atoms with Gasteiger partial charge in [-0.25, -0.2) is 4.79 Å². The molecule has 2 aromatic heterocycles. The summed E-state index contributed by atoms with van der Waals surface area (Å²) in [6.45, 7) is 0.577. The van der Waals surface area contributed by atoms with E-state index in [0.717, 1.165) is 41.8 Å². The lowest BCUT2D eigenvalue weighted by Crippen LogP contribution is -2.12. The van der Waals surface area contributed by atoms with Crippen LogP contribution in [0.15, 0.2) is 11.2 Å². The van der Waals surface area contributed by atoms with Gasteiger partial charge in [-0.15, -0.1) is 0 Å². The molecule has 0 atom stereocenters. The van der Waals surface area contributed by atoms with Crippen LogP contribution in [0.5, 0.6) is 0 Å². The second-order valence-corrected chi connectivity index (χ2v) is 5.05. The first-order chi connectivity index (χ1) is 10.2. The molecule has 2 N–H and O–H groups in total. The number of nitrogens with one attached hydrogen (secondary N) is 1. The molecule has 2 aromatic rings. The molecule has 7 heteroatoms. The van der Waals surface area contributed by atoms with Crippen molar-refractivity contribution in [2.24, 2.45) is 4.99 Å². The SMILES string of the molecule is CN=CCCCn1nc2c(c1C(=O)O)CCc1[nH]ncc1-2. The highest BCUT2D eigenvalue weighted by Gasteiger charge is 2.28. The predicted octanol–water partition coefficient (Wildman–Crippen LogP) is 1.55. The largest absolute Gasteiger partial charge is 0.477 e. The average molecular weight is 287 g/mol. The number of hydrogen-bond acceptors (Lipinski definition) is 4. The number of rotatable bonds is 5. The number of H-pyrrole nitrogens is 1. The number of hydrogen-bond donors (Lipinski definition) is 2. The number of carboxylic acid groups (broad SMARTS) is 1. The van der Waals surface area contributed by atoms with Gasteiger partial charge < -0.3 is 10.1 Å². The Morgan fingerprint density at radius 1 is 1.57 bits per heavy atom. The summed E-state index contributed by atoms with van der Waals surface area (Å²) in [5.41, 5.74) is 3.84. The third-order valence-electron chi connectivity index (χ3n) is 3.74. The number of aromatic amines is 1. The molecule has 0 bridgehead atoms. The van der Waals surface area contributed by atoms with Crippen LogP contribution in [0.4, 0.5) is 0 Å². The van der Waals surface area contributed by atoms with Crippen LogP contribution in [0.25, 0.3) is 11.3 Å². The maximum absolute atomic E-state index is 11.6. The molecule has 0 saturated carbocycles. The van der Waals surface area contributed by atoms with Crippen LogP contribution in [0.1, 0.15) is 34.6 Å². The molecule has 1 aliphatic rings. The average Bonchev–Trinajstić information content (AvgIpc) is 3.06. The maximum Gasteiger partial charge on any atom is 0.354 e. The van der Waals surface area contributed by atoms with Crippen molar-refractivity contribution < 1.29 is 9.90 Å². The number of unbranched alkanes of at least 4 members (excludes halogenated alkanes) is 1. The third kappa shape index (κ3) is 2.35. The number of carbonyl (C=O) groups is 1. The summed E-state index contributed by atoms with van der Waals surface area (Å²) >= 11 is 0. The lowest BCUT2D eigenvalue weighted by molar-refractivity contribution is 0.0681. The zero-order chi connectivity index (χ0) is 14.8. The van der Waals surface area contributed by atoms with E-state index in [9.17, 15) is 9.90 Å². The number of aryl methyl sites for hydroxylation is 2. The number of fused-ring (bicyclic) bond motifs is 3. The minimum absolute atomic E-state index is 0.310. The first-order valence-electron chi connectivity index (χ1n) is 6.98. The fraction of sp³-hybridized carbons (Fsp3) is 0.429. The summed E-state index contributed by atoms with van der Waals surface area (Å²) in [6.07, 6.45) is 6.64. The van der Waals surface area contributed by atoms with Crippen molar-refractivity contribution in [3.05, 3.63) is 23.1 Å². The molecule has 110 valence electrons. The minimum Gasteiger partial charge on any atom is -0.477 e. The Hall–Kier alpha value is -2.44. The Labute approximate surface area is 121 Å². The van der Waals surface area contributed by atoms with Gasteiger partial charge >= 0.3 is 5.97 Å². The van der Waals surface area contributed by atoms with Crippen molar-refractivity contribution in [1.29, 1.82) is 0 Å². The van der Waals surface area contributed by atoms with Crippen LogP contribution in [0, 0.1) is 0 Å². The monoisotopic (exact) mass is 287 g/mol. The Bertz CT molecular complexity index is 698. The molecule has 1 aliphatic carbocycles. The van der Waals surface area contributed by atoms with Crippen molar-refractivity contribution in [3.63, 3.8) is 0 Å². The van der Waals surface area contributed by atoms with E-state index in [-0.39, 0.29) is 0 Å².